The van der Waals surface area contributed by atoms with E-state index in [0.717, 1.165) is 12.0 Å². The van der Waals surface area contributed by atoms with Crippen molar-refractivity contribution in [1.29, 1.82) is 0 Å². The number of hydrogen-bond acceptors (Lipinski definition) is 2. The van der Waals surface area contributed by atoms with Crippen LogP contribution < -0.4 is 0 Å². The first-order valence-corrected chi connectivity index (χ1v) is 11.1. The number of aromatic hydroxyl groups is 2. The Bertz CT molecular complexity index is 511. The van der Waals surface area contributed by atoms with Crippen molar-refractivity contribution in [1.82, 2.24) is 0 Å². The van der Waals surface area contributed by atoms with E-state index in [1.807, 2.05) is 18.2 Å². The lowest BCUT2D eigenvalue weighted by atomic mass is 10.0. The molecule has 0 spiro atoms. The van der Waals surface area contributed by atoms with Crippen LogP contribution in [0.1, 0.15) is 102 Å². The summed E-state index contributed by atoms with van der Waals surface area (Å²) in [6.07, 6.45) is 27.3. The Kier molecular flexibility index (Phi) is 14.2. The van der Waals surface area contributed by atoms with Gasteiger partial charge in [0.15, 0.2) is 0 Å². The van der Waals surface area contributed by atoms with E-state index in [0.29, 0.717) is 0 Å². The number of benzene rings is 1. The first-order chi connectivity index (χ1) is 13.2. The second kappa shape index (κ2) is 16.5. The quantitative estimate of drug-likeness (QED) is 0.227. The zero-order chi connectivity index (χ0) is 19.6. The van der Waals surface area contributed by atoms with Gasteiger partial charge in [0.2, 0.25) is 0 Å². The molecule has 0 unspecified atom stereocenters. The number of unbranched alkanes of at least 4 members (excludes halogenated alkanes) is 13. The normalized spacial score (nSPS) is 11.7. The number of phenols is 2. The molecule has 0 heterocycles. The van der Waals surface area contributed by atoms with E-state index < -0.39 is 0 Å². The SMILES string of the molecule is CCCCCCCCCCCCCCCC=CC=Cc1cc(O)cc(O)c1. The predicted octanol–water partition coefficient (Wildman–Crippen LogP) is 8.15. The van der Waals surface area contributed by atoms with Gasteiger partial charge in [-0.05, 0) is 30.5 Å². The van der Waals surface area contributed by atoms with E-state index in [4.69, 9.17) is 0 Å². The predicted molar refractivity (Wildman–Crippen MR) is 118 cm³/mol. The summed E-state index contributed by atoms with van der Waals surface area (Å²) in [7, 11) is 0. The minimum atomic E-state index is 0.0885. The van der Waals surface area contributed by atoms with Gasteiger partial charge in [0.1, 0.15) is 11.5 Å². The molecule has 27 heavy (non-hydrogen) atoms. The zero-order valence-electron chi connectivity index (χ0n) is 17.3. The molecule has 152 valence electrons. The average molecular weight is 373 g/mol. The van der Waals surface area contributed by atoms with Crippen LogP contribution in [0.5, 0.6) is 11.5 Å². The minimum absolute atomic E-state index is 0.0885. The van der Waals surface area contributed by atoms with E-state index in [9.17, 15) is 10.2 Å². The van der Waals surface area contributed by atoms with Gasteiger partial charge in [-0.25, -0.2) is 0 Å². The monoisotopic (exact) mass is 372 g/mol. The Morgan fingerprint density at radius 2 is 1.11 bits per heavy atom. The van der Waals surface area contributed by atoms with Crippen LogP contribution in [-0.4, -0.2) is 10.2 Å². The van der Waals surface area contributed by atoms with Gasteiger partial charge < -0.3 is 10.2 Å². The molecule has 2 heteroatoms. The van der Waals surface area contributed by atoms with Crippen molar-refractivity contribution in [3.8, 4) is 11.5 Å². The Morgan fingerprint density at radius 3 is 1.63 bits per heavy atom. The standard InChI is InChI=1S/C25H40O2/c1-2-3-4-5-6-7-8-9-10-11-12-13-14-15-16-17-18-19-23-20-24(26)22-25(27)21-23/h16-22,26-27H,2-15H2,1H3. The highest BCUT2D eigenvalue weighted by Gasteiger charge is 1.95. The summed E-state index contributed by atoms with van der Waals surface area (Å²) in [4.78, 5) is 0. The molecule has 0 atom stereocenters. The molecule has 0 aliphatic heterocycles. The molecule has 0 aliphatic rings. The lowest BCUT2D eigenvalue weighted by molar-refractivity contribution is 0.450. The van der Waals surface area contributed by atoms with Gasteiger partial charge in [-0.2, -0.15) is 0 Å². The van der Waals surface area contributed by atoms with E-state index >= 15 is 0 Å². The van der Waals surface area contributed by atoms with Crippen molar-refractivity contribution in [2.45, 2.75) is 96.8 Å². The van der Waals surface area contributed by atoms with Crippen LogP contribution in [0.2, 0.25) is 0 Å². The van der Waals surface area contributed by atoms with Gasteiger partial charge in [-0.15, -0.1) is 0 Å². The van der Waals surface area contributed by atoms with Crippen molar-refractivity contribution in [2.24, 2.45) is 0 Å². The molecule has 0 fully saturated rings. The number of rotatable bonds is 16. The molecule has 0 bridgehead atoms. The van der Waals surface area contributed by atoms with E-state index in [1.54, 1.807) is 12.1 Å². The van der Waals surface area contributed by atoms with E-state index in [2.05, 4.69) is 13.0 Å². The van der Waals surface area contributed by atoms with Crippen molar-refractivity contribution < 1.29 is 10.2 Å². The summed E-state index contributed by atoms with van der Waals surface area (Å²) in [5, 5.41) is 18.9. The van der Waals surface area contributed by atoms with Crippen molar-refractivity contribution in [3.05, 3.63) is 42.0 Å². The van der Waals surface area contributed by atoms with Gasteiger partial charge in [0.25, 0.3) is 0 Å². The summed E-state index contributed by atoms with van der Waals surface area (Å²) < 4.78 is 0. The highest BCUT2D eigenvalue weighted by Crippen LogP contribution is 2.21. The zero-order valence-corrected chi connectivity index (χ0v) is 17.3. The summed E-state index contributed by atoms with van der Waals surface area (Å²) in [6.45, 7) is 2.28. The van der Waals surface area contributed by atoms with Crippen LogP contribution in [0, 0.1) is 0 Å². The van der Waals surface area contributed by atoms with Crippen LogP contribution in [0.3, 0.4) is 0 Å². The van der Waals surface area contributed by atoms with Gasteiger partial charge in [-0.1, -0.05) is 108 Å². The molecule has 0 amide bonds. The third-order valence-corrected chi connectivity index (χ3v) is 4.94. The summed E-state index contributed by atoms with van der Waals surface area (Å²) in [6, 6.07) is 4.61. The van der Waals surface area contributed by atoms with Crippen LogP contribution in [-0.2, 0) is 0 Å². The molecule has 0 aliphatic carbocycles. The van der Waals surface area contributed by atoms with E-state index in [-0.39, 0.29) is 11.5 Å². The largest absolute Gasteiger partial charge is 0.508 e. The number of hydrogen-bond donors (Lipinski definition) is 2. The third kappa shape index (κ3) is 14.1. The Hall–Kier alpha value is -1.70. The van der Waals surface area contributed by atoms with Crippen molar-refractivity contribution in [2.75, 3.05) is 0 Å². The molecule has 2 nitrogen and oxygen atoms in total. The number of phenolic OH excluding ortho intramolecular Hbond substituents is 2. The second-order valence-electron chi connectivity index (χ2n) is 7.60. The molecule has 1 aromatic rings. The minimum Gasteiger partial charge on any atom is -0.508 e. The van der Waals surface area contributed by atoms with Gasteiger partial charge >= 0.3 is 0 Å². The first kappa shape index (κ1) is 23.3. The number of allylic oxidation sites excluding steroid dienone is 3. The molecule has 0 radical (unpaired) electrons. The van der Waals surface area contributed by atoms with Crippen LogP contribution in [0.25, 0.3) is 6.08 Å². The second-order valence-corrected chi connectivity index (χ2v) is 7.60. The molecular weight excluding hydrogens is 332 g/mol. The Balaban J connectivity index is 1.90. The highest BCUT2D eigenvalue weighted by atomic mass is 16.3. The lowest BCUT2D eigenvalue weighted by Gasteiger charge is -2.02. The Labute approximate surface area is 167 Å². The average Bonchev–Trinajstić information content (AvgIpc) is 2.63. The molecule has 0 saturated carbocycles. The summed E-state index contributed by atoms with van der Waals surface area (Å²) in [5.41, 5.74) is 0.804. The van der Waals surface area contributed by atoms with Crippen molar-refractivity contribution >= 4 is 6.08 Å². The molecule has 1 aromatic carbocycles. The van der Waals surface area contributed by atoms with Crippen molar-refractivity contribution in [3.63, 3.8) is 0 Å². The van der Waals surface area contributed by atoms with Gasteiger partial charge in [0, 0.05) is 6.07 Å². The van der Waals surface area contributed by atoms with Gasteiger partial charge in [0.05, 0.1) is 0 Å². The molecule has 1 rings (SSSR count). The highest BCUT2D eigenvalue weighted by molar-refractivity contribution is 5.55. The molecule has 2 N–H and O–H groups in total. The first-order valence-electron chi connectivity index (χ1n) is 11.1. The maximum absolute atomic E-state index is 9.43. The summed E-state index contributed by atoms with van der Waals surface area (Å²) >= 11 is 0. The molecule has 0 saturated heterocycles. The fourth-order valence-electron chi connectivity index (χ4n) is 3.34. The lowest BCUT2D eigenvalue weighted by Crippen LogP contribution is -1.82. The smallest absolute Gasteiger partial charge is 0.119 e. The topological polar surface area (TPSA) is 40.5 Å². The summed E-state index contributed by atoms with van der Waals surface area (Å²) in [5.74, 6) is 0.177. The third-order valence-electron chi connectivity index (χ3n) is 4.94. The van der Waals surface area contributed by atoms with Crippen LogP contribution in [0.4, 0.5) is 0 Å². The Morgan fingerprint density at radius 1 is 0.630 bits per heavy atom. The van der Waals surface area contributed by atoms with Crippen LogP contribution >= 0.6 is 0 Å². The van der Waals surface area contributed by atoms with Gasteiger partial charge in [-0.3, -0.25) is 0 Å². The maximum atomic E-state index is 9.43. The molecule has 0 aromatic heterocycles. The maximum Gasteiger partial charge on any atom is 0.119 e. The van der Waals surface area contributed by atoms with E-state index in [1.165, 1.54) is 89.5 Å². The van der Waals surface area contributed by atoms with Crippen LogP contribution in [0.15, 0.2) is 36.4 Å². The molecular formula is C25H40O2. The fourth-order valence-corrected chi connectivity index (χ4v) is 3.34. The fraction of sp³-hybridized carbons (Fsp3) is 0.600.